The van der Waals surface area contributed by atoms with Crippen LogP contribution in [-0.4, -0.2) is 49.1 Å². The Morgan fingerprint density at radius 2 is 1.49 bits per heavy atom. The highest BCUT2D eigenvalue weighted by molar-refractivity contribution is 7.10. The van der Waals surface area contributed by atoms with Crippen LogP contribution in [0, 0.1) is 0 Å². The van der Waals surface area contributed by atoms with Crippen LogP contribution in [0.5, 0.6) is 11.5 Å². The Morgan fingerprint density at radius 3 is 2.02 bits per heavy atom. The number of ether oxygens (including phenoxy) is 2. The van der Waals surface area contributed by atoms with E-state index in [4.69, 9.17) is 9.47 Å². The molecule has 1 aliphatic rings. The van der Waals surface area contributed by atoms with Crippen molar-refractivity contribution in [2.45, 2.75) is 37.4 Å². The Balaban J connectivity index is 1.42. The molecule has 5 rings (SSSR count). The summed E-state index contributed by atoms with van der Waals surface area (Å²) in [6, 6.07) is 28.8. The zero-order valence-corrected chi connectivity index (χ0v) is 24.1. The summed E-state index contributed by atoms with van der Waals surface area (Å²) in [6.07, 6.45) is 5.65. The Hall–Kier alpha value is -4.36. The van der Waals surface area contributed by atoms with Gasteiger partial charge in [-0.15, -0.1) is 11.3 Å². The van der Waals surface area contributed by atoms with Crippen LogP contribution < -0.4 is 14.8 Å². The van der Waals surface area contributed by atoms with Crippen LogP contribution in [0.15, 0.2) is 102 Å². The number of carbonyl (C=O) groups excluding carboxylic acids is 2. The standard InChI is InChI=1S/C34H34N2O4S/c1-39-28-15-10-25(11-16-28)21-27(22-26-12-17-29(40-2)18-13-26)36-31(19-14-24-7-4-3-5-8-24)33(34(36)38)35-32(37)23-30-9-6-20-41-30/h3-20,27,31,33H,21-23H2,1-2H3,(H,35,37). The number of rotatable bonds is 12. The van der Waals surface area contributed by atoms with Gasteiger partial charge in [-0.2, -0.15) is 0 Å². The van der Waals surface area contributed by atoms with E-state index < -0.39 is 6.04 Å². The highest BCUT2D eigenvalue weighted by Gasteiger charge is 2.49. The normalized spacial score (nSPS) is 16.6. The van der Waals surface area contributed by atoms with Gasteiger partial charge in [0.25, 0.3) is 0 Å². The molecule has 0 radical (unpaired) electrons. The van der Waals surface area contributed by atoms with Gasteiger partial charge in [0.15, 0.2) is 0 Å². The number of nitrogens with one attached hydrogen (secondary N) is 1. The van der Waals surface area contributed by atoms with E-state index in [0.717, 1.165) is 33.1 Å². The van der Waals surface area contributed by atoms with Crippen molar-refractivity contribution in [3.63, 3.8) is 0 Å². The molecular formula is C34H34N2O4S. The highest BCUT2D eigenvalue weighted by atomic mass is 32.1. The van der Waals surface area contributed by atoms with E-state index in [2.05, 4.69) is 5.32 Å². The first kappa shape index (κ1) is 28.2. The van der Waals surface area contributed by atoms with Crippen LogP contribution in [0.4, 0.5) is 0 Å². The average Bonchev–Trinajstić information content (AvgIpc) is 3.52. The number of nitrogens with zero attached hydrogens (tertiary/aromatic N) is 1. The third-order valence-electron chi connectivity index (χ3n) is 7.35. The summed E-state index contributed by atoms with van der Waals surface area (Å²) >= 11 is 1.54. The van der Waals surface area contributed by atoms with E-state index in [1.54, 1.807) is 14.2 Å². The second kappa shape index (κ2) is 13.3. The molecule has 210 valence electrons. The lowest BCUT2D eigenvalue weighted by Gasteiger charge is -2.50. The molecule has 1 fully saturated rings. The molecule has 2 unspecified atom stereocenters. The molecule has 0 saturated carbocycles. The Bertz CT molecular complexity index is 1400. The van der Waals surface area contributed by atoms with Crippen LogP contribution >= 0.6 is 11.3 Å². The minimum Gasteiger partial charge on any atom is -0.497 e. The maximum absolute atomic E-state index is 13.8. The molecule has 0 bridgehead atoms. The minimum absolute atomic E-state index is 0.0701. The number of amides is 2. The number of methoxy groups -OCH3 is 2. The summed E-state index contributed by atoms with van der Waals surface area (Å²) in [6.45, 7) is 0. The van der Waals surface area contributed by atoms with Crippen molar-refractivity contribution in [2.24, 2.45) is 0 Å². The van der Waals surface area contributed by atoms with Gasteiger partial charge in [0.2, 0.25) is 11.8 Å². The number of carbonyl (C=O) groups is 2. The number of hydrogen-bond acceptors (Lipinski definition) is 5. The van der Waals surface area contributed by atoms with E-state index in [9.17, 15) is 9.59 Å². The molecule has 0 aliphatic carbocycles. The second-order valence-corrected chi connectivity index (χ2v) is 11.1. The lowest BCUT2D eigenvalue weighted by molar-refractivity contribution is -0.154. The number of hydrogen-bond donors (Lipinski definition) is 1. The summed E-state index contributed by atoms with van der Waals surface area (Å²) in [4.78, 5) is 29.6. The first-order valence-corrected chi connectivity index (χ1v) is 14.5. The summed E-state index contributed by atoms with van der Waals surface area (Å²) < 4.78 is 10.7. The van der Waals surface area contributed by atoms with Crippen LogP contribution in [0.2, 0.25) is 0 Å². The number of β-lactam (4-membered cyclic amide) rings is 1. The van der Waals surface area contributed by atoms with E-state index in [0.29, 0.717) is 12.8 Å². The van der Waals surface area contributed by atoms with Gasteiger partial charge in [-0.1, -0.05) is 72.8 Å². The topological polar surface area (TPSA) is 67.9 Å². The molecule has 6 nitrogen and oxygen atoms in total. The Kier molecular flexibility index (Phi) is 9.16. The fourth-order valence-electron chi connectivity index (χ4n) is 5.21. The van der Waals surface area contributed by atoms with Crippen molar-refractivity contribution >= 4 is 29.2 Å². The van der Waals surface area contributed by atoms with E-state index >= 15 is 0 Å². The largest absolute Gasteiger partial charge is 0.497 e. The van der Waals surface area contributed by atoms with E-state index in [1.165, 1.54) is 11.3 Å². The maximum atomic E-state index is 13.8. The number of thiophene rings is 1. The predicted molar refractivity (Wildman–Crippen MR) is 163 cm³/mol. The Labute approximate surface area is 245 Å². The zero-order chi connectivity index (χ0) is 28.6. The van der Waals surface area contributed by atoms with Crippen LogP contribution in [0.3, 0.4) is 0 Å². The van der Waals surface area contributed by atoms with Gasteiger partial charge in [-0.25, -0.2) is 0 Å². The van der Waals surface area contributed by atoms with Gasteiger partial charge in [-0.05, 0) is 65.2 Å². The van der Waals surface area contributed by atoms with Gasteiger partial charge in [-0.3, -0.25) is 9.59 Å². The highest BCUT2D eigenvalue weighted by Crippen LogP contribution is 2.30. The van der Waals surface area contributed by atoms with Crippen molar-refractivity contribution < 1.29 is 19.1 Å². The molecule has 3 aromatic carbocycles. The molecule has 1 saturated heterocycles. The molecule has 2 heterocycles. The minimum atomic E-state index is -0.614. The van der Waals surface area contributed by atoms with Gasteiger partial charge >= 0.3 is 0 Å². The first-order chi connectivity index (χ1) is 20.0. The fourth-order valence-corrected chi connectivity index (χ4v) is 5.92. The summed E-state index contributed by atoms with van der Waals surface area (Å²) in [5.41, 5.74) is 3.25. The lowest BCUT2D eigenvalue weighted by Crippen LogP contribution is -2.73. The van der Waals surface area contributed by atoms with Crippen molar-refractivity contribution in [2.75, 3.05) is 14.2 Å². The van der Waals surface area contributed by atoms with Gasteiger partial charge < -0.3 is 19.7 Å². The number of benzene rings is 3. The van der Waals surface area contributed by atoms with E-state index in [-0.39, 0.29) is 30.3 Å². The molecule has 2 amide bonds. The van der Waals surface area contributed by atoms with Crippen molar-refractivity contribution in [1.82, 2.24) is 10.2 Å². The SMILES string of the molecule is COc1ccc(CC(Cc2ccc(OC)cc2)N2C(=O)C(NC(=O)Cc3cccs3)C2C=Cc2ccccc2)cc1. The van der Waals surface area contributed by atoms with Gasteiger partial charge in [0, 0.05) is 10.9 Å². The zero-order valence-electron chi connectivity index (χ0n) is 23.2. The van der Waals surface area contributed by atoms with Gasteiger partial charge in [0.1, 0.15) is 17.5 Å². The number of likely N-dealkylation sites (tertiary alicyclic amines) is 1. The molecule has 0 spiro atoms. The van der Waals surface area contributed by atoms with Crippen LogP contribution in [-0.2, 0) is 28.9 Å². The van der Waals surface area contributed by atoms with E-state index in [1.807, 2.05) is 113 Å². The molecule has 1 aromatic heterocycles. The Morgan fingerprint density at radius 1 is 0.878 bits per heavy atom. The van der Waals surface area contributed by atoms with Crippen LogP contribution in [0.1, 0.15) is 21.6 Å². The summed E-state index contributed by atoms with van der Waals surface area (Å²) in [7, 11) is 3.30. The molecular weight excluding hydrogens is 532 g/mol. The lowest BCUT2D eigenvalue weighted by atomic mass is 9.86. The summed E-state index contributed by atoms with van der Waals surface area (Å²) in [5, 5.41) is 4.98. The van der Waals surface area contributed by atoms with Gasteiger partial charge in [0.05, 0.1) is 26.7 Å². The van der Waals surface area contributed by atoms with Crippen LogP contribution in [0.25, 0.3) is 6.08 Å². The monoisotopic (exact) mass is 566 g/mol. The molecule has 41 heavy (non-hydrogen) atoms. The smallest absolute Gasteiger partial charge is 0.248 e. The summed E-state index contributed by atoms with van der Waals surface area (Å²) in [5.74, 6) is 1.36. The molecule has 1 aliphatic heterocycles. The van der Waals surface area contributed by atoms with Crippen molar-refractivity contribution in [1.29, 1.82) is 0 Å². The molecule has 2 atom stereocenters. The second-order valence-electron chi connectivity index (χ2n) is 10.1. The molecule has 7 heteroatoms. The maximum Gasteiger partial charge on any atom is 0.248 e. The third kappa shape index (κ3) is 7.05. The first-order valence-electron chi connectivity index (χ1n) is 13.7. The third-order valence-corrected chi connectivity index (χ3v) is 8.23. The molecule has 1 N–H and O–H groups in total. The fraction of sp³-hybridized carbons (Fsp3) is 0.235. The predicted octanol–water partition coefficient (Wildman–Crippen LogP) is 5.57. The van der Waals surface area contributed by atoms with Crippen molar-refractivity contribution in [3.8, 4) is 11.5 Å². The average molecular weight is 567 g/mol. The molecule has 4 aromatic rings. The van der Waals surface area contributed by atoms with Crippen molar-refractivity contribution in [3.05, 3.63) is 124 Å². The quantitative estimate of drug-likeness (QED) is 0.228.